The van der Waals surface area contributed by atoms with E-state index in [0.29, 0.717) is 12.3 Å². The van der Waals surface area contributed by atoms with E-state index in [9.17, 15) is 9.50 Å². The number of rotatable bonds is 4. The molecule has 0 spiro atoms. The summed E-state index contributed by atoms with van der Waals surface area (Å²) in [6, 6.07) is 11.9. The van der Waals surface area contributed by atoms with Gasteiger partial charge in [0.2, 0.25) is 0 Å². The molecule has 1 aromatic heterocycles. The highest BCUT2D eigenvalue weighted by atomic mass is 19.1. The Hall–Kier alpha value is -2.86. The fraction of sp³-hybridized carbons (Fsp3) is 0.250. The predicted octanol–water partition coefficient (Wildman–Crippen LogP) is 3.41. The molecule has 6 heteroatoms. The maximum atomic E-state index is 13.5. The van der Waals surface area contributed by atoms with Crippen LogP contribution < -0.4 is 4.74 Å². The molecule has 5 nitrogen and oxygen atoms in total. The van der Waals surface area contributed by atoms with Crippen molar-refractivity contribution < 1.29 is 14.2 Å². The predicted molar refractivity (Wildman–Crippen MR) is 95.6 cm³/mol. The van der Waals surface area contributed by atoms with Gasteiger partial charge in [-0.3, -0.25) is 4.90 Å². The molecule has 1 atom stereocenters. The molecular weight excluding hydrogens is 333 g/mol. The Morgan fingerprint density at radius 2 is 2.19 bits per heavy atom. The highest BCUT2D eigenvalue weighted by molar-refractivity contribution is 5.38. The van der Waals surface area contributed by atoms with Crippen molar-refractivity contribution in [2.24, 2.45) is 0 Å². The zero-order chi connectivity index (χ0) is 18.1. The second-order valence-electron chi connectivity index (χ2n) is 6.54. The van der Waals surface area contributed by atoms with Crippen molar-refractivity contribution in [3.8, 4) is 11.5 Å². The second-order valence-corrected chi connectivity index (χ2v) is 6.54. The van der Waals surface area contributed by atoms with Gasteiger partial charge >= 0.3 is 0 Å². The summed E-state index contributed by atoms with van der Waals surface area (Å²) in [7, 11) is 1.55. The lowest BCUT2D eigenvalue weighted by Gasteiger charge is -2.32. The van der Waals surface area contributed by atoms with E-state index in [-0.39, 0.29) is 17.5 Å². The Labute approximate surface area is 151 Å². The smallest absolute Gasteiger partial charge is 0.126 e. The number of hydrogen-bond donors (Lipinski definition) is 2. The van der Waals surface area contributed by atoms with E-state index in [4.69, 9.17) is 4.74 Å². The van der Waals surface area contributed by atoms with Crippen molar-refractivity contribution in [1.82, 2.24) is 14.9 Å². The van der Waals surface area contributed by atoms with Crippen LogP contribution in [0.5, 0.6) is 11.5 Å². The van der Waals surface area contributed by atoms with Gasteiger partial charge in [0.15, 0.2) is 0 Å². The van der Waals surface area contributed by atoms with Crippen molar-refractivity contribution in [3.05, 3.63) is 77.1 Å². The lowest BCUT2D eigenvalue weighted by atomic mass is 9.90. The van der Waals surface area contributed by atoms with Crippen molar-refractivity contribution in [2.75, 3.05) is 13.7 Å². The van der Waals surface area contributed by atoms with Crippen LogP contribution in [0, 0.1) is 5.82 Å². The minimum atomic E-state index is -0.308. The molecule has 2 N–H and O–H groups in total. The molecule has 0 aliphatic carbocycles. The minimum absolute atomic E-state index is 0.0588. The number of nitrogens with zero attached hydrogens (tertiary/aromatic N) is 2. The molecule has 0 saturated carbocycles. The van der Waals surface area contributed by atoms with Gasteiger partial charge < -0.3 is 14.8 Å². The number of aromatic hydroxyl groups is 1. The molecule has 134 valence electrons. The summed E-state index contributed by atoms with van der Waals surface area (Å²) in [5.74, 6) is 0.549. The number of nitrogens with one attached hydrogen (secondary N) is 1. The minimum Gasteiger partial charge on any atom is -0.508 e. The Morgan fingerprint density at radius 1 is 1.31 bits per heavy atom. The standard InChI is InChI=1S/C20H20FN3O2/c1-26-19-8-15(21)6-5-14(19)9-24-10-17(13-3-2-4-16(25)7-13)20-18(11-24)22-12-23-20/h2-8,12,17,25H,9-11H2,1H3,(H,22,23). The average molecular weight is 353 g/mol. The molecule has 0 radical (unpaired) electrons. The number of methoxy groups -OCH3 is 1. The molecule has 0 fully saturated rings. The van der Waals surface area contributed by atoms with E-state index in [2.05, 4.69) is 14.9 Å². The normalized spacial score (nSPS) is 17.1. The second kappa shape index (κ2) is 6.80. The van der Waals surface area contributed by atoms with Crippen molar-refractivity contribution in [2.45, 2.75) is 19.0 Å². The first-order valence-electron chi connectivity index (χ1n) is 8.50. The number of H-pyrrole nitrogens is 1. The lowest BCUT2D eigenvalue weighted by Crippen LogP contribution is -2.34. The van der Waals surface area contributed by atoms with Crippen LogP contribution >= 0.6 is 0 Å². The van der Waals surface area contributed by atoms with Gasteiger partial charge in [-0.2, -0.15) is 0 Å². The van der Waals surface area contributed by atoms with E-state index >= 15 is 0 Å². The summed E-state index contributed by atoms with van der Waals surface area (Å²) < 4.78 is 18.8. The molecule has 2 heterocycles. The zero-order valence-electron chi connectivity index (χ0n) is 14.4. The lowest BCUT2D eigenvalue weighted by molar-refractivity contribution is 0.224. The first-order valence-corrected chi connectivity index (χ1v) is 8.50. The van der Waals surface area contributed by atoms with Crippen LogP contribution in [0.4, 0.5) is 4.39 Å². The fourth-order valence-electron chi connectivity index (χ4n) is 3.61. The number of aromatic amines is 1. The van der Waals surface area contributed by atoms with E-state index in [1.54, 1.807) is 31.6 Å². The molecule has 2 aromatic carbocycles. The molecule has 4 rings (SSSR count). The average Bonchev–Trinajstić information content (AvgIpc) is 3.11. The van der Waals surface area contributed by atoms with Gasteiger partial charge in [-0.25, -0.2) is 9.37 Å². The first-order chi connectivity index (χ1) is 12.6. The highest BCUT2D eigenvalue weighted by Crippen LogP contribution is 2.34. The number of benzene rings is 2. The van der Waals surface area contributed by atoms with Crippen LogP contribution in [0.2, 0.25) is 0 Å². The molecule has 0 amide bonds. The quantitative estimate of drug-likeness (QED) is 0.755. The summed E-state index contributed by atoms with van der Waals surface area (Å²) >= 11 is 0. The molecule has 1 aliphatic heterocycles. The van der Waals surface area contributed by atoms with Crippen LogP contribution in [0.1, 0.15) is 28.4 Å². The molecule has 1 unspecified atom stereocenters. The van der Waals surface area contributed by atoms with Gasteiger partial charge in [-0.1, -0.05) is 18.2 Å². The summed E-state index contributed by atoms with van der Waals surface area (Å²) in [6.45, 7) is 2.12. The molecular formula is C20H20FN3O2. The van der Waals surface area contributed by atoms with Gasteiger partial charge in [-0.05, 0) is 23.8 Å². The molecule has 26 heavy (non-hydrogen) atoms. The third-order valence-corrected chi connectivity index (χ3v) is 4.82. The number of phenols is 1. The van der Waals surface area contributed by atoms with E-state index < -0.39 is 0 Å². The first kappa shape index (κ1) is 16.6. The largest absolute Gasteiger partial charge is 0.508 e. The van der Waals surface area contributed by atoms with Crippen LogP contribution in [0.3, 0.4) is 0 Å². The number of phenolic OH excluding ortho intramolecular Hbond substituents is 1. The van der Waals surface area contributed by atoms with Crippen molar-refractivity contribution >= 4 is 0 Å². The molecule has 3 aromatic rings. The summed E-state index contributed by atoms with van der Waals surface area (Å²) in [4.78, 5) is 9.98. The van der Waals surface area contributed by atoms with Crippen LogP contribution in [-0.4, -0.2) is 33.6 Å². The third-order valence-electron chi connectivity index (χ3n) is 4.82. The maximum absolute atomic E-state index is 13.5. The van der Waals surface area contributed by atoms with E-state index in [1.165, 1.54) is 12.1 Å². The van der Waals surface area contributed by atoms with Gasteiger partial charge in [0, 0.05) is 37.2 Å². The Balaban J connectivity index is 1.64. The van der Waals surface area contributed by atoms with E-state index in [1.807, 2.05) is 12.1 Å². The number of hydrogen-bond acceptors (Lipinski definition) is 4. The zero-order valence-corrected chi connectivity index (χ0v) is 14.4. The van der Waals surface area contributed by atoms with Crippen LogP contribution in [-0.2, 0) is 13.1 Å². The van der Waals surface area contributed by atoms with Gasteiger partial charge in [0.05, 0.1) is 24.8 Å². The van der Waals surface area contributed by atoms with E-state index in [0.717, 1.165) is 35.6 Å². The molecule has 1 aliphatic rings. The number of halogens is 1. The van der Waals surface area contributed by atoms with Crippen molar-refractivity contribution in [1.29, 1.82) is 0 Å². The van der Waals surface area contributed by atoms with Crippen LogP contribution in [0.15, 0.2) is 48.8 Å². The van der Waals surface area contributed by atoms with Gasteiger partial charge in [-0.15, -0.1) is 0 Å². The number of ether oxygens (including phenoxy) is 1. The summed E-state index contributed by atoms with van der Waals surface area (Å²) in [6.07, 6.45) is 1.71. The summed E-state index contributed by atoms with van der Waals surface area (Å²) in [5.41, 5.74) is 4.03. The SMILES string of the molecule is COc1cc(F)ccc1CN1Cc2[nH]cnc2C(c2cccc(O)c2)C1. The Kier molecular flexibility index (Phi) is 4.34. The molecule has 0 saturated heterocycles. The number of fused-ring (bicyclic) bond motifs is 1. The van der Waals surface area contributed by atoms with Gasteiger partial charge in [0.25, 0.3) is 0 Å². The van der Waals surface area contributed by atoms with Crippen LogP contribution in [0.25, 0.3) is 0 Å². The monoisotopic (exact) mass is 353 g/mol. The van der Waals surface area contributed by atoms with Crippen molar-refractivity contribution in [3.63, 3.8) is 0 Å². The molecule has 0 bridgehead atoms. The third kappa shape index (κ3) is 3.15. The fourth-order valence-corrected chi connectivity index (χ4v) is 3.61. The van der Waals surface area contributed by atoms with Gasteiger partial charge in [0.1, 0.15) is 17.3 Å². The summed E-state index contributed by atoms with van der Waals surface area (Å²) in [5, 5.41) is 9.84. The topological polar surface area (TPSA) is 61.4 Å². The number of imidazole rings is 1. The Bertz CT molecular complexity index is 925. The number of aromatic nitrogens is 2. The highest BCUT2D eigenvalue weighted by Gasteiger charge is 2.29. The Morgan fingerprint density at radius 3 is 3.00 bits per heavy atom. The maximum Gasteiger partial charge on any atom is 0.126 e.